The van der Waals surface area contributed by atoms with Crippen LogP contribution in [0.15, 0.2) is 9.98 Å². The van der Waals surface area contributed by atoms with Crippen LogP contribution in [-0.4, -0.2) is 56.1 Å². The first-order valence-corrected chi connectivity index (χ1v) is 5.22. The number of amides is 1. The normalized spacial score (nSPS) is 23.5. The van der Waals surface area contributed by atoms with Crippen molar-refractivity contribution in [2.45, 2.75) is 25.4 Å². The van der Waals surface area contributed by atoms with E-state index in [0.717, 1.165) is 13.0 Å². The number of hydrogen-bond acceptors (Lipinski definition) is 4. The summed E-state index contributed by atoms with van der Waals surface area (Å²) in [6.07, 6.45) is 0.976. The maximum absolute atomic E-state index is 11.7. The lowest BCUT2D eigenvalue weighted by Gasteiger charge is -2.22. The third-order valence-electron chi connectivity index (χ3n) is 2.51. The molecular weight excluding hydrogens is 228 g/mol. The van der Waals surface area contributed by atoms with Crippen molar-refractivity contribution in [2.24, 2.45) is 9.98 Å². The molecule has 1 aliphatic rings. The summed E-state index contributed by atoms with van der Waals surface area (Å²) in [5.74, 6) is -0.177. The molecule has 0 bridgehead atoms. The number of nitrogens with zero attached hydrogens (tertiary/aromatic N) is 3. The zero-order chi connectivity index (χ0) is 11.3. The molecule has 0 radical (unpaired) electrons. The summed E-state index contributed by atoms with van der Waals surface area (Å²) in [5.41, 5.74) is 0. The number of carbonyl (C=O) groups is 1. The second-order valence-corrected chi connectivity index (χ2v) is 3.78. The van der Waals surface area contributed by atoms with Crippen LogP contribution >= 0.6 is 12.4 Å². The van der Waals surface area contributed by atoms with Crippen molar-refractivity contribution in [3.8, 4) is 0 Å². The summed E-state index contributed by atoms with van der Waals surface area (Å²) in [5, 5.41) is 3.15. The Hall–Kier alpha value is -0.740. The van der Waals surface area contributed by atoms with E-state index in [0.29, 0.717) is 6.54 Å². The van der Waals surface area contributed by atoms with Gasteiger partial charge in [-0.05, 0) is 34.0 Å². The van der Waals surface area contributed by atoms with Gasteiger partial charge in [0.15, 0.2) is 0 Å². The molecule has 0 aliphatic carbocycles. The summed E-state index contributed by atoms with van der Waals surface area (Å²) in [6.45, 7) is 3.34. The van der Waals surface area contributed by atoms with Gasteiger partial charge in [-0.3, -0.25) is 4.79 Å². The Kier molecular flexibility index (Phi) is 7.17. The highest BCUT2D eigenvalue weighted by Crippen LogP contribution is 2.12. The predicted octanol–water partition coefficient (Wildman–Crippen LogP) is 0.421. The Morgan fingerprint density at radius 1 is 1.56 bits per heavy atom. The first-order chi connectivity index (χ1) is 7.16. The molecule has 0 saturated carbocycles. The second-order valence-electron chi connectivity index (χ2n) is 3.78. The number of hydrogen-bond donors (Lipinski definition) is 1. The highest BCUT2D eigenvalue weighted by atomic mass is 35.5. The van der Waals surface area contributed by atoms with Crippen molar-refractivity contribution in [3.05, 3.63) is 0 Å². The van der Waals surface area contributed by atoms with E-state index in [1.54, 1.807) is 0 Å². The molecule has 1 heterocycles. The zero-order valence-corrected chi connectivity index (χ0v) is 10.8. The third kappa shape index (κ3) is 4.02. The monoisotopic (exact) mass is 246 g/mol. The van der Waals surface area contributed by atoms with Gasteiger partial charge in [0.25, 0.3) is 5.91 Å². The lowest BCUT2D eigenvalue weighted by Crippen LogP contribution is -2.44. The Morgan fingerprint density at radius 3 is 2.81 bits per heavy atom. The van der Waals surface area contributed by atoms with Gasteiger partial charge in [-0.15, -0.1) is 17.4 Å². The highest BCUT2D eigenvalue weighted by molar-refractivity contribution is 5.87. The van der Waals surface area contributed by atoms with Gasteiger partial charge in [0.05, 0.1) is 6.01 Å². The van der Waals surface area contributed by atoms with E-state index in [1.165, 1.54) is 0 Å². The zero-order valence-electron chi connectivity index (χ0n) is 9.93. The highest BCUT2D eigenvalue weighted by Gasteiger charge is 2.33. The fraction of sp³-hybridized carbons (Fsp3) is 0.800. The number of halogens is 1. The van der Waals surface area contributed by atoms with Crippen molar-refractivity contribution in [2.75, 3.05) is 27.2 Å². The fourth-order valence-electron chi connectivity index (χ4n) is 1.72. The molecule has 1 aliphatic heterocycles. The van der Waals surface area contributed by atoms with Crippen LogP contribution in [0.3, 0.4) is 0 Å². The number of nitrogens with one attached hydrogen (secondary N) is 1. The molecule has 1 N–H and O–H groups in total. The Morgan fingerprint density at radius 2 is 2.25 bits per heavy atom. The Bertz CT molecular complexity index is 287. The molecule has 0 spiro atoms. The molecule has 1 amide bonds. The maximum Gasteiger partial charge on any atom is 0.273 e. The summed E-state index contributed by atoms with van der Waals surface area (Å²) < 4.78 is 0. The van der Waals surface area contributed by atoms with Gasteiger partial charge in [0, 0.05) is 12.6 Å². The van der Waals surface area contributed by atoms with Gasteiger partial charge in [-0.1, -0.05) is 0 Å². The molecule has 5 nitrogen and oxygen atoms in total. The number of carbonyl (C=O) groups excluding carboxylic acids is 1. The Balaban J connectivity index is 0.00000225. The van der Waals surface area contributed by atoms with Gasteiger partial charge in [0.2, 0.25) is 0 Å². The largest absolute Gasteiger partial charge is 0.304 e. The topological polar surface area (TPSA) is 57.1 Å². The molecule has 6 heteroatoms. The minimum absolute atomic E-state index is 0. The van der Waals surface area contributed by atoms with Gasteiger partial charge in [-0.2, -0.15) is 0 Å². The van der Waals surface area contributed by atoms with Crippen LogP contribution in [-0.2, 0) is 4.79 Å². The Labute approximate surface area is 102 Å². The molecule has 0 aromatic rings. The van der Waals surface area contributed by atoms with Crippen LogP contribution < -0.4 is 5.32 Å². The molecule has 1 saturated heterocycles. The standard InChI is InChI=1S/C10H18N4O.ClH/c1-4-11-7-13-10(15)9-8(14(2)3)5-6-12-9;/h8-9,12H,4-6H2,1-3H3;1H/t8?,9-;/m0./s1. The number of likely N-dealkylation sites (N-methyl/N-ethyl adjacent to an activating group) is 1. The quantitative estimate of drug-likeness (QED) is 0.735. The van der Waals surface area contributed by atoms with Crippen molar-refractivity contribution in [1.82, 2.24) is 10.2 Å². The first kappa shape index (κ1) is 15.3. The molecule has 1 unspecified atom stereocenters. The van der Waals surface area contributed by atoms with Crippen LogP contribution in [0, 0.1) is 0 Å². The molecule has 0 aromatic heterocycles. The van der Waals surface area contributed by atoms with Crippen molar-refractivity contribution >= 4 is 24.3 Å². The molecule has 1 fully saturated rings. The van der Waals surface area contributed by atoms with E-state index in [2.05, 4.69) is 26.2 Å². The summed E-state index contributed by atoms with van der Waals surface area (Å²) in [6, 6.07) is 2.43. The molecule has 16 heavy (non-hydrogen) atoms. The summed E-state index contributed by atoms with van der Waals surface area (Å²) >= 11 is 0. The van der Waals surface area contributed by atoms with Gasteiger partial charge in [-0.25, -0.2) is 4.99 Å². The van der Waals surface area contributed by atoms with E-state index in [1.807, 2.05) is 21.0 Å². The average molecular weight is 247 g/mol. The molecule has 0 aromatic carbocycles. The van der Waals surface area contributed by atoms with E-state index in [9.17, 15) is 4.79 Å². The van der Waals surface area contributed by atoms with Gasteiger partial charge >= 0.3 is 0 Å². The van der Waals surface area contributed by atoms with Gasteiger partial charge in [0.1, 0.15) is 6.04 Å². The van der Waals surface area contributed by atoms with Gasteiger partial charge < -0.3 is 10.2 Å². The van der Waals surface area contributed by atoms with E-state index in [-0.39, 0.29) is 30.4 Å². The smallest absolute Gasteiger partial charge is 0.273 e. The van der Waals surface area contributed by atoms with E-state index in [4.69, 9.17) is 0 Å². The fourth-order valence-corrected chi connectivity index (χ4v) is 1.72. The molecular formula is C10H19ClN4O. The van der Waals surface area contributed by atoms with Crippen LogP contribution in [0.4, 0.5) is 0 Å². The van der Waals surface area contributed by atoms with Crippen molar-refractivity contribution in [1.29, 1.82) is 0 Å². The van der Waals surface area contributed by atoms with Crippen LogP contribution in [0.1, 0.15) is 13.3 Å². The third-order valence-corrected chi connectivity index (χ3v) is 2.51. The summed E-state index contributed by atoms with van der Waals surface area (Å²) in [4.78, 5) is 21.2. The molecule has 1 rings (SSSR count). The number of aliphatic imine (C=N–C) groups is 2. The van der Waals surface area contributed by atoms with Crippen molar-refractivity contribution < 1.29 is 4.79 Å². The lowest BCUT2D eigenvalue weighted by atomic mass is 10.1. The SMILES string of the molecule is CCN=C=NC(=O)[C@H]1NCCC1N(C)C.Cl. The number of rotatable bonds is 3. The summed E-state index contributed by atoms with van der Waals surface area (Å²) in [7, 11) is 3.95. The van der Waals surface area contributed by atoms with Crippen LogP contribution in [0.2, 0.25) is 0 Å². The predicted molar refractivity (Wildman–Crippen MR) is 66.5 cm³/mol. The second kappa shape index (κ2) is 7.52. The minimum atomic E-state index is -0.209. The molecule has 2 atom stereocenters. The maximum atomic E-state index is 11.7. The van der Waals surface area contributed by atoms with Crippen LogP contribution in [0.5, 0.6) is 0 Å². The lowest BCUT2D eigenvalue weighted by molar-refractivity contribution is -0.120. The minimum Gasteiger partial charge on any atom is -0.304 e. The van der Waals surface area contributed by atoms with Crippen LogP contribution in [0.25, 0.3) is 0 Å². The van der Waals surface area contributed by atoms with E-state index < -0.39 is 0 Å². The van der Waals surface area contributed by atoms with Crippen molar-refractivity contribution in [3.63, 3.8) is 0 Å². The first-order valence-electron chi connectivity index (χ1n) is 5.22. The molecule has 92 valence electrons. The van der Waals surface area contributed by atoms with E-state index >= 15 is 0 Å². The average Bonchev–Trinajstić information content (AvgIpc) is 2.66.